The van der Waals surface area contributed by atoms with E-state index < -0.39 is 39.8 Å². The number of nitrogens with zero attached hydrogens (tertiary/aromatic N) is 2. The van der Waals surface area contributed by atoms with Crippen molar-refractivity contribution in [2.24, 2.45) is 5.92 Å². The number of pyridine rings is 1. The minimum atomic E-state index is -3.88. The Bertz CT molecular complexity index is 1230. The van der Waals surface area contributed by atoms with E-state index in [-0.39, 0.29) is 28.7 Å². The lowest BCUT2D eigenvalue weighted by Crippen LogP contribution is -2.54. The molecule has 1 aromatic carbocycles. The first kappa shape index (κ1) is 28.1. The average Bonchev–Trinajstić information content (AvgIpc) is 2.74. The van der Waals surface area contributed by atoms with Crippen molar-refractivity contribution in [1.82, 2.24) is 9.88 Å². The summed E-state index contributed by atoms with van der Waals surface area (Å²) in [6.45, 7) is 5.34. The Labute approximate surface area is 215 Å². The number of amides is 1. The summed E-state index contributed by atoms with van der Waals surface area (Å²) in [4.78, 5) is 18.3. The predicted octanol–water partition coefficient (Wildman–Crippen LogP) is 3.97. The Balaban J connectivity index is 1.90. The highest BCUT2D eigenvalue weighted by Gasteiger charge is 2.42. The van der Waals surface area contributed by atoms with Crippen LogP contribution in [-0.4, -0.2) is 68.2 Å². The van der Waals surface area contributed by atoms with Crippen LogP contribution in [0.5, 0.6) is 5.75 Å². The van der Waals surface area contributed by atoms with Crippen LogP contribution < -0.4 is 4.74 Å². The van der Waals surface area contributed by atoms with E-state index in [1.165, 1.54) is 36.3 Å². The molecule has 0 radical (unpaired) electrons. The van der Waals surface area contributed by atoms with Crippen molar-refractivity contribution in [1.29, 1.82) is 0 Å². The molecule has 3 rings (SSSR count). The molecular formula is C24H30ClFN2O7S. The van der Waals surface area contributed by atoms with Gasteiger partial charge in [-0.1, -0.05) is 11.6 Å². The van der Waals surface area contributed by atoms with Gasteiger partial charge in [-0.2, -0.15) is 8.42 Å². The van der Waals surface area contributed by atoms with Crippen molar-refractivity contribution in [2.75, 3.05) is 33.1 Å². The molecule has 1 aromatic heterocycles. The highest BCUT2D eigenvalue weighted by atomic mass is 35.5. The monoisotopic (exact) mass is 544 g/mol. The lowest BCUT2D eigenvalue weighted by atomic mass is 9.84. The number of benzene rings is 1. The third-order valence-corrected chi connectivity index (χ3v) is 6.33. The SMILES string of the molecule is COc1ccc(C(O)(COS(C)(=O)=O)CC2CN(C(=O)OC(C)(C)C)C2)nc1-c1ccc(F)c(Cl)c1. The quantitative estimate of drug-likeness (QED) is 0.496. The molecule has 0 bridgehead atoms. The van der Waals surface area contributed by atoms with Gasteiger partial charge in [-0.25, -0.2) is 14.2 Å². The minimum absolute atomic E-state index is 0.0603. The molecule has 198 valence electrons. The maximum Gasteiger partial charge on any atom is 0.410 e. The van der Waals surface area contributed by atoms with Crippen molar-refractivity contribution in [2.45, 2.75) is 38.4 Å². The maximum atomic E-state index is 13.7. The van der Waals surface area contributed by atoms with E-state index in [1.807, 2.05) is 0 Å². The Morgan fingerprint density at radius 3 is 2.47 bits per heavy atom. The zero-order chi connectivity index (χ0) is 26.9. The Morgan fingerprint density at radius 1 is 1.25 bits per heavy atom. The third kappa shape index (κ3) is 7.06. The summed E-state index contributed by atoms with van der Waals surface area (Å²) in [5.74, 6) is -0.432. The van der Waals surface area contributed by atoms with Gasteiger partial charge < -0.3 is 19.5 Å². The number of aliphatic hydroxyl groups is 1. The van der Waals surface area contributed by atoms with Crippen LogP contribution in [0.15, 0.2) is 30.3 Å². The molecule has 1 N–H and O–H groups in total. The minimum Gasteiger partial charge on any atom is -0.494 e. The Kier molecular flexibility index (Phi) is 8.19. The molecule has 1 unspecified atom stereocenters. The molecule has 2 heterocycles. The van der Waals surface area contributed by atoms with Crippen molar-refractivity contribution in [3.8, 4) is 17.0 Å². The van der Waals surface area contributed by atoms with Gasteiger partial charge in [0.1, 0.15) is 35.1 Å². The van der Waals surface area contributed by atoms with Crippen molar-refractivity contribution in [3.63, 3.8) is 0 Å². The normalized spacial score (nSPS) is 16.3. The van der Waals surface area contributed by atoms with Crippen molar-refractivity contribution in [3.05, 3.63) is 46.9 Å². The first-order valence-electron chi connectivity index (χ1n) is 11.2. The molecule has 9 nitrogen and oxygen atoms in total. The van der Waals surface area contributed by atoms with Gasteiger partial charge in [0, 0.05) is 18.7 Å². The van der Waals surface area contributed by atoms with Crippen LogP contribution in [0.4, 0.5) is 9.18 Å². The molecule has 0 saturated carbocycles. The van der Waals surface area contributed by atoms with Gasteiger partial charge in [0.2, 0.25) is 0 Å². The molecule has 2 aromatic rings. The van der Waals surface area contributed by atoms with Gasteiger partial charge in [0.15, 0.2) is 0 Å². The number of halogens is 2. The Morgan fingerprint density at radius 2 is 1.92 bits per heavy atom. The average molecular weight is 545 g/mol. The summed E-state index contributed by atoms with van der Waals surface area (Å²) >= 11 is 5.94. The van der Waals surface area contributed by atoms with E-state index in [0.29, 0.717) is 24.4 Å². The van der Waals surface area contributed by atoms with Crippen molar-refractivity contribution < 1.29 is 36.4 Å². The molecular weight excluding hydrogens is 515 g/mol. The molecule has 0 aliphatic carbocycles. The summed E-state index contributed by atoms with van der Waals surface area (Å²) in [5.41, 5.74) is -1.62. The number of ether oxygens (including phenoxy) is 2. The van der Waals surface area contributed by atoms with Gasteiger partial charge in [-0.3, -0.25) is 4.18 Å². The Hall–Kier alpha value is -2.47. The first-order chi connectivity index (χ1) is 16.6. The summed E-state index contributed by atoms with van der Waals surface area (Å²) < 4.78 is 52.9. The number of methoxy groups -OCH3 is 1. The fourth-order valence-electron chi connectivity index (χ4n) is 3.81. The zero-order valence-corrected chi connectivity index (χ0v) is 22.3. The fraction of sp³-hybridized carbons (Fsp3) is 0.500. The maximum absolute atomic E-state index is 13.7. The van der Waals surface area contributed by atoms with E-state index in [4.69, 9.17) is 25.3 Å². The van der Waals surface area contributed by atoms with Gasteiger partial charge >= 0.3 is 6.09 Å². The molecule has 1 fully saturated rings. The van der Waals surface area contributed by atoms with Gasteiger partial charge in [0.05, 0.1) is 24.1 Å². The summed E-state index contributed by atoms with van der Waals surface area (Å²) in [6, 6.07) is 7.09. The predicted molar refractivity (Wildman–Crippen MR) is 132 cm³/mol. The summed E-state index contributed by atoms with van der Waals surface area (Å²) in [6.07, 6.45) is 0.479. The van der Waals surface area contributed by atoms with E-state index in [0.717, 1.165) is 6.26 Å². The van der Waals surface area contributed by atoms with E-state index in [2.05, 4.69) is 4.98 Å². The van der Waals surface area contributed by atoms with Crippen molar-refractivity contribution >= 4 is 27.8 Å². The van der Waals surface area contributed by atoms with E-state index in [1.54, 1.807) is 26.8 Å². The third-order valence-electron chi connectivity index (χ3n) is 5.49. The molecule has 36 heavy (non-hydrogen) atoms. The number of likely N-dealkylation sites (tertiary alicyclic amines) is 1. The second-order valence-corrected chi connectivity index (χ2v) is 11.9. The number of rotatable bonds is 8. The second-order valence-electron chi connectivity index (χ2n) is 9.83. The topological polar surface area (TPSA) is 115 Å². The number of aromatic nitrogens is 1. The molecule has 12 heteroatoms. The van der Waals surface area contributed by atoms with Gasteiger partial charge in [-0.15, -0.1) is 0 Å². The zero-order valence-electron chi connectivity index (χ0n) is 20.7. The highest BCUT2D eigenvalue weighted by Crippen LogP contribution is 2.37. The number of carbonyl (C=O) groups excluding carboxylic acids is 1. The van der Waals surface area contributed by atoms with Crippen LogP contribution in [0.2, 0.25) is 5.02 Å². The van der Waals surface area contributed by atoms with Gasteiger partial charge in [0.25, 0.3) is 10.1 Å². The first-order valence-corrected chi connectivity index (χ1v) is 13.4. The van der Waals surface area contributed by atoms with Crippen LogP contribution in [-0.2, 0) is 24.6 Å². The number of hydrogen-bond donors (Lipinski definition) is 1. The largest absolute Gasteiger partial charge is 0.494 e. The van der Waals surface area contributed by atoms with Crippen LogP contribution in [0.25, 0.3) is 11.3 Å². The van der Waals surface area contributed by atoms with E-state index >= 15 is 0 Å². The van der Waals surface area contributed by atoms with Crippen LogP contribution in [0.3, 0.4) is 0 Å². The lowest BCUT2D eigenvalue weighted by Gasteiger charge is -2.43. The van der Waals surface area contributed by atoms with E-state index in [9.17, 15) is 22.7 Å². The van der Waals surface area contributed by atoms with Crippen LogP contribution >= 0.6 is 11.6 Å². The van der Waals surface area contributed by atoms with Crippen LogP contribution in [0, 0.1) is 11.7 Å². The summed E-state index contributed by atoms with van der Waals surface area (Å²) in [7, 11) is -2.44. The fourth-order valence-corrected chi connectivity index (χ4v) is 4.40. The highest BCUT2D eigenvalue weighted by molar-refractivity contribution is 7.85. The second kappa shape index (κ2) is 10.5. The molecule has 0 spiro atoms. The molecule has 1 aliphatic rings. The summed E-state index contributed by atoms with van der Waals surface area (Å²) in [5, 5.41) is 11.5. The molecule has 1 saturated heterocycles. The standard InChI is InChI=1S/C24H30ClFN2O7S/c1-23(2,3)35-22(29)28-12-15(13-28)11-24(30,14-34-36(5,31)32)20-9-8-19(33-4)21(27-20)16-6-7-18(26)17(25)10-16/h6-10,15,30H,11-14H2,1-5H3. The smallest absolute Gasteiger partial charge is 0.410 e. The van der Waals surface area contributed by atoms with Gasteiger partial charge in [-0.05, 0) is 63.4 Å². The number of hydrogen-bond acceptors (Lipinski definition) is 8. The van der Waals surface area contributed by atoms with Crippen LogP contribution in [0.1, 0.15) is 32.9 Å². The molecule has 1 aliphatic heterocycles. The molecule has 1 amide bonds. The lowest BCUT2D eigenvalue weighted by molar-refractivity contribution is -0.0592. The number of carbonyl (C=O) groups is 1. The molecule has 1 atom stereocenters.